The van der Waals surface area contributed by atoms with E-state index in [-0.39, 0.29) is 5.60 Å². The largest absolute Gasteiger partial charge is 0.480 e. The number of aryl methyl sites for hydroxylation is 2. The second-order valence-electron chi connectivity index (χ2n) is 11.2. The molecule has 0 bridgehead atoms. The van der Waals surface area contributed by atoms with Crippen molar-refractivity contribution >= 4 is 17.9 Å². The van der Waals surface area contributed by atoms with Gasteiger partial charge in [0.2, 0.25) is 0 Å². The molecule has 1 aliphatic heterocycles. The Hall–Kier alpha value is -2.39. The van der Waals surface area contributed by atoms with Gasteiger partial charge in [-0.2, -0.15) is 0 Å². The van der Waals surface area contributed by atoms with Crippen molar-refractivity contribution in [2.75, 3.05) is 38.6 Å². The maximum atomic E-state index is 12.1. The molecule has 0 radical (unpaired) electrons. The van der Waals surface area contributed by atoms with Gasteiger partial charge in [0, 0.05) is 32.4 Å². The van der Waals surface area contributed by atoms with Crippen LogP contribution in [0.4, 0.5) is 10.6 Å². The third kappa shape index (κ3) is 11.1. The monoisotopic (exact) mass is 506 g/mol. The average Bonchev–Trinajstić information content (AvgIpc) is 2.80. The van der Waals surface area contributed by atoms with E-state index in [0.717, 1.165) is 69.7 Å². The summed E-state index contributed by atoms with van der Waals surface area (Å²) in [5.41, 5.74) is 1.44. The summed E-state index contributed by atoms with van der Waals surface area (Å²) >= 11 is 0. The molecule has 0 fully saturated rings. The van der Waals surface area contributed by atoms with E-state index in [1.54, 1.807) is 27.9 Å². The Morgan fingerprint density at radius 1 is 1.17 bits per heavy atom. The number of nitrogens with one attached hydrogen (secondary N) is 2. The first-order valence-corrected chi connectivity index (χ1v) is 13.1. The molecule has 3 N–H and O–H groups in total. The summed E-state index contributed by atoms with van der Waals surface area (Å²) in [5.74, 6) is -0.0375. The molecule has 2 rings (SSSR count). The fourth-order valence-corrected chi connectivity index (χ4v) is 4.03. The highest BCUT2D eigenvalue weighted by Crippen LogP contribution is 2.20. The number of carboxylic acids is 1. The Kier molecular flexibility index (Phi) is 11.4. The fourth-order valence-electron chi connectivity index (χ4n) is 4.03. The van der Waals surface area contributed by atoms with Crippen LogP contribution in [-0.4, -0.2) is 77.6 Å². The minimum absolute atomic E-state index is 0.265. The second-order valence-corrected chi connectivity index (χ2v) is 11.2. The number of methoxy groups -OCH3 is 1. The second kappa shape index (κ2) is 13.8. The number of carbonyl (C=O) groups excluding carboxylic acids is 1. The summed E-state index contributed by atoms with van der Waals surface area (Å²) in [4.78, 5) is 30.9. The number of nitrogens with zero attached hydrogens (tertiary/aromatic N) is 2. The SMILES string of the molecule is COC(C)(C)CCN(CCCCc1ccc2c(n1)NCCC2)CC[C@H](NC(=O)OC(C)(C)C)C(=O)O. The minimum atomic E-state index is -1.06. The first-order chi connectivity index (χ1) is 16.9. The van der Waals surface area contributed by atoms with Crippen LogP contribution in [0.15, 0.2) is 12.1 Å². The molecular weight excluding hydrogens is 460 g/mol. The van der Waals surface area contributed by atoms with Gasteiger partial charge in [0.1, 0.15) is 17.5 Å². The molecule has 9 nitrogen and oxygen atoms in total. The molecule has 204 valence electrons. The predicted molar refractivity (Wildman–Crippen MR) is 142 cm³/mol. The quantitative estimate of drug-likeness (QED) is 0.321. The van der Waals surface area contributed by atoms with E-state index in [0.29, 0.717) is 13.0 Å². The molecule has 36 heavy (non-hydrogen) atoms. The number of aliphatic carboxylic acids is 1. The van der Waals surface area contributed by atoms with E-state index in [9.17, 15) is 14.7 Å². The summed E-state index contributed by atoms with van der Waals surface area (Å²) in [6.45, 7) is 12.5. The van der Waals surface area contributed by atoms with Crippen LogP contribution in [0, 0.1) is 0 Å². The highest BCUT2D eigenvalue weighted by atomic mass is 16.6. The molecule has 1 aromatic heterocycles. The number of aromatic nitrogens is 1. The predicted octanol–water partition coefficient (Wildman–Crippen LogP) is 4.25. The third-order valence-electron chi connectivity index (χ3n) is 6.41. The normalized spacial score (nSPS) is 14.6. The standard InChI is InChI=1S/C27H46N4O5/c1-26(2,3)36-25(34)30-22(24(32)33)14-18-31(19-15-27(4,5)35-6)17-8-7-11-21-13-12-20-10-9-16-28-23(20)29-21/h12-13,22H,7-11,14-19H2,1-6H3,(H,28,29)(H,30,34)(H,32,33)/t22-/m0/s1. The highest BCUT2D eigenvalue weighted by Gasteiger charge is 2.25. The maximum absolute atomic E-state index is 12.1. The Labute approximate surface area is 216 Å². The van der Waals surface area contributed by atoms with Crippen LogP contribution in [0.3, 0.4) is 0 Å². The number of rotatable bonds is 14. The summed E-state index contributed by atoms with van der Waals surface area (Å²) in [7, 11) is 1.70. The van der Waals surface area contributed by atoms with Gasteiger partial charge in [-0.05, 0) is 97.7 Å². The number of pyridine rings is 1. The zero-order chi connectivity index (χ0) is 26.8. The van der Waals surface area contributed by atoms with E-state index >= 15 is 0 Å². The van der Waals surface area contributed by atoms with Crippen LogP contribution < -0.4 is 10.6 Å². The Bertz CT molecular complexity index is 853. The highest BCUT2D eigenvalue weighted by molar-refractivity contribution is 5.80. The Balaban J connectivity index is 1.89. The van der Waals surface area contributed by atoms with E-state index in [4.69, 9.17) is 14.5 Å². The van der Waals surface area contributed by atoms with Gasteiger partial charge in [-0.25, -0.2) is 14.6 Å². The molecule has 0 aliphatic carbocycles. The first kappa shape index (κ1) is 29.8. The summed E-state index contributed by atoms with van der Waals surface area (Å²) in [6, 6.07) is 3.31. The van der Waals surface area contributed by atoms with Crippen molar-refractivity contribution < 1.29 is 24.2 Å². The number of carboxylic acid groups (broad SMARTS) is 1. The Morgan fingerprint density at radius 3 is 2.58 bits per heavy atom. The van der Waals surface area contributed by atoms with Crippen molar-refractivity contribution in [1.82, 2.24) is 15.2 Å². The molecule has 0 saturated carbocycles. The molecule has 0 unspecified atom stereocenters. The zero-order valence-electron chi connectivity index (χ0n) is 23.0. The van der Waals surface area contributed by atoms with E-state index in [1.165, 1.54) is 5.56 Å². The van der Waals surface area contributed by atoms with Gasteiger partial charge in [0.05, 0.1) is 5.60 Å². The minimum Gasteiger partial charge on any atom is -0.480 e. The molecule has 1 aromatic rings. The number of alkyl carbamates (subject to hydrolysis) is 1. The van der Waals surface area contributed by atoms with Crippen molar-refractivity contribution in [3.05, 3.63) is 23.4 Å². The lowest BCUT2D eigenvalue weighted by Gasteiger charge is -2.29. The van der Waals surface area contributed by atoms with Crippen LogP contribution in [0.1, 0.15) is 78.0 Å². The summed E-state index contributed by atoms with van der Waals surface area (Å²) in [6.07, 6.45) is 5.51. The number of hydrogen-bond acceptors (Lipinski definition) is 7. The maximum Gasteiger partial charge on any atom is 0.408 e. The molecule has 1 amide bonds. The van der Waals surface area contributed by atoms with Crippen molar-refractivity contribution in [1.29, 1.82) is 0 Å². The lowest BCUT2D eigenvalue weighted by atomic mass is 10.0. The summed E-state index contributed by atoms with van der Waals surface area (Å²) in [5, 5.41) is 15.5. The van der Waals surface area contributed by atoms with Gasteiger partial charge < -0.3 is 30.1 Å². The molecule has 1 atom stereocenters. The van der Waals surface area contributed by atoms with E-state index < -0.39 is 23.7 Å². The average molecular weight is 507 g/mol. The van der Waals surface area contributed by atoms with Gasteiger partial charge in [0.25, 0.3) is 0 Å². The summed E-state index contributed by atoms with van der Waals surface area (Å²) < 4.78 is 10.8. The lowest BCUT2D eigenvalue weighted by molar-refractivity contribution is -0.139. The lowest BCUT2D eigenvalue weighted by Crippen LogP contribution is -2.45. The van der Waals surface area contributed by atoms with Crippen LogP contribution in [0.5, 0.6) is 0 Å². The van der Waals surface area contributed by atoms with E-state index in [1.807, 2.05) is 13.8 Å². The topological polar surface area (TPSA) is 113 Å². The molecular formula is C27H46N4O5. The third-order valence-corrected chi connectivity index (χ3v) is 6.41. The van der Waals surface area contributed by atoms with Crippen LogP contribution in [-0.2, 0) is 27.1 Å². The number of unbranched alkanes of at least 4 members (excludes halogenated alkanes) is 1. The fraction of sp³-hybridized carbons (Fsp3) is 0.741. The first-order valence-electron chi connectivity index (χ1n) is 13.1. The van der Waals surface area contributed by atoms with E-state index in [2.05, 4.69) is 27.7 Å². The van der Waals surface area contributed by atoms with Gasteiger partial charge in [-0.3, -0.25) is 0 Å². The Morgan fingerprint density at radius 2 is 1.92 bits per heavy atom. The van der Waals surface area contributed by atoms with Crippen LogP contribution >= 0.6 is 0 Å². The molecule has 0 aromatic carbocycles. The molecule has 0 saturated heterocycles. The van der Waals surface area contributed by atoms with Crippen molar-refractivity contribution in [2.45, 2.75) is 96.8 Å². The molecule has 2 heterocycles. The van der Waals surface area contributed by atoms with Crippen LogP contribution in [0.2, 0.25) is 0 Å². The number of anilines is 1. The van der Waals surface area contributed by atoms with Gasteiger partial charge in [-0.15, -0.1) is 0 Å². The van der Waals surface area contributed by atoms with Gasteiger partial charge >= 0.3 is 12.1 Å². The molecule has 1 aliphatic rings. The van der Waals surface area contributed by atoms with Crippen molar-refractivity contribution in [3.8, 4) is 0 Å². The van der Waals surface area contributed by atoms with Crippen molar-refractivity contribution in [3.63, 3.8) is 0 Å². The molecule has 9 heteroatoms. The number of hydrogen-bond donors (Lipinski definition) is 3. The van der Waals surface area contributed by atoms with Crippen LogP contribution in [0.25, 0.3) is 0 Å². The smallest absolute Gasteiger partial charge is 0.408 e. The van der Waals surface area contributed by atoms with Crippen molar-refractivity contribution in [2.24, 2.45) is 0 Å². The van der Waals surface area contributed by atoms with Gasteiger partial charge in [-0.1, -0.05) is 6.07 Å². The van der Waals surface area contributed by atoms with Gasteiger partial charge in [0.15, 0.2) is 0 Å². The molecule has 0 spiro atoms. The number of fused-ring (bicyclic) bond motifs is 1. The number of amides is 1. The zero-order valence-corrected chi connectivity index (χ0v) is 23.0. The number of ether oxygens (including phenoxy) is 2. The number of carbonyl (C=O) groups is 2.